The number of hydrogen-bond acceptors (Lipinski definition) is 5. The lowest BCUT2D eigenvalue weighted by Crippen LogP contribution is -2.05. The molecule has 0 aliphatic carbocycles. The zero-order valence-electron chi connectivity index (χ0n) is 9.81. The van der Waals surface area contributed by atoms with Gasteiger partial charge in [0.2, 0.25) is 0 Å². The van der Waals surface area contributed by atoms with Gasteiger partial charge in [0.05, 0.1) is 11.1 Å². The average Bonchev–Trinajstić information content (AvgIpc) is 2.48. The van der Waals surface area contributed by atoms with Crippen LogP contribution in [0.5, 0.6) is 11.5 Å². The van der Waals surface area contributed by atoms with Crippen LogP contribution in [-0.4, -0.2) is 12.6 Å². The maximum atomic E-state index is 10.7. The number of carbonyl (C=O) groups excluding carboxylic acids is 2. The molecule has 0 bridgehead atoms. The summed E-state index contributed by atoms with van der Waals surface area (Å²) in [6.07, 6.45) is 1.27. The molecule has 0 aliphatic rings. The van der Waals surface area contributed by atoms with Crippen molar-refractivity contribution in [3.63, 3.8) is 0 Å². The maximum absolute atomic E-state index is 10.7. The molecule has 96 valence electrons. The van der Waals surface area contributed by atoms with Crippen LogP contribution in [0.15, 0.2) is 48.5 Å². The first-order chi connectivity index (χ1) is 9.35. The van der Waals surface area contributed by atoms with Crippen LogP contribution in [0.1, 0.15) is 20.7 Å². The van der Waals surface area contributed by atoms with Gasteiger partial charge in [0.15, 0.2) is 24.1 Å². The molecule has 0 unspecified atom stereocenters. The SMILES string of the molecule is O=Cc1ccccc1OOOc1ccccc1C=O. The predicted molar refractivity (Wildman–Crippen MR) is 66.0 cm³/mol. The van der Waals surface area contributed by atoms with E-state index in [1.807, 2.05) is 0 Å². The van der Waals surface area contributed by atoms with Gasteiger partial charge in [0, 0.05) is 5.04 Å². The number of aldehydes is 2. The lowest BCUT2D eigenvalue weighted by molar-refractivity contribution is -0.411. The Morgan fingerprint density at radius 1 is 0.684 bits per heavy atom. The van der Waals surface area contributed by atoms with Crippen LogP contribution in [0.25, 0.3) is 0 Å². The van der Waals surface area contributed by atoms with Crippen molar-refractivity contribution in [2.75, 3.05) is 0 Å². The number of rotatable bonds is 6. The molecule has 0 aromatic heterocycles. The number of para-hydroxylation sites is 2. The normalized spacial score (nSPS) is 9.68. The van der Waals surface area contributed by atoms with Crippen LogP contribution in [0.2, 0.25) is 0 Å². The van der Waals surface area contributed by atoms with E-state index in [0.717, 1.165) is 0 Å². The third-order valence-corrected chi connectivity index (χ3v) is 2.34. The minimum absolute atomic E-state index is 0.223. The van der Waals surface area contributed by atoms with E-state index in [0.29, 0.717) is 23.7 Å². The molecule has 2 aromatic carbocycles. The smallest absolute Gasteiger partial charge is 0.180 e. The van der Waals surface area contributed by atoms with Gasteiger partial charge in [-0.3, -0.25) is 19.4 Å². The topological polar surface area (TPSA) is 61.8 Å². The highest BCUT2D eigenvalue weighted by Gasteiger charge is 2.06. The van der Waals surface area contributed by atoms with Crippen molar-refractivity contribution in [3.8, 4) is 11.5 Å². The quantitative estimate of drug-likeness (QED) is 0.453. The van der Waals surface area contributed by atoms with E-state index >= 15 is 0 Å². The zero-order chi connectivity index (χ0) is 13.5. The van der Waals surface area contributed by atoms with Gasteiger partial charge in [-0.15, -0.1) is 0 Å². The fourth-order valence-corrected chi connectivity index (χ4v) is 1.40. The van der Waals surface area contributed by atoms with Crippen LogP contribution in [0.4, 0.5) is 0 Å². The highest BCUT2D eigenvalue weighted by atomic mass is 17.5. The fraction of sp³-hybridized carbons (Fsp3) is 0. The van der Waals surface area contributed by atoms with Gasteiger partial charge in [-0.05, 0) is 24.3 Å². The molecule has 0 radical (unpaired) electrons. The number of carbonyl (C=O) groups is 2. The largest absolute Gasteiger partial charge is 0.298 e. The molecule has 0 saturated carbocycles. The molecule has 0 heterocycles. The van der Waals surface area contributed by atoms with Gasteiger partial charge in [-0.2, -0.15) is 0 Å². The lowest BCUT2D eigenvalue weighted by Gasteiger charge is -2.06. The highest BCUT2D eigenvalue weighted by Crippen LogP contribution is 2.19. The van der Waals surface area contributed by atoms with Gasteiger partial charge in [0.25, 0.3) is 0 Å². The van der Waals surface area contributed by atoms with E-state index in [9.17, 15) is 9.59 Å². The van der Waals surface area contributed by atoms with Crippen molar-refractivity contribution in [3.05, 3.63) is 59.7 Å². The van der Waals surface area contributed by atoms with E-state index < -0.39 is 0 Å². The van der Waals surface area contributed by atoms with Crippen LogP contribution in [0.3, 0.4) is 0 Å². The Morgan fingerprint density at radius 2 is 1.11 bits per heavy atom. The van der Waals surface area contributed by atoms with Gasteiger partial charge in [-0.25, -0.2) is 0 Å². The van der Waals surface area contributed by atoms with Crippen molar-refractivity contribution in [1.82, 2.24) is 0 Å². The Balaban J connectivity index is 2.00. The van der Waals surface area contributed by atoms with Crippen LogP contribution >= 0.6 is 0 Å². The van der Waals surface area contributed by atoms with E-state index in [1.165, 1.54) is 0 Å². The summed E-state index contributed by atoms with van der Waals surface area (Å²) >= 11 is 0. The standard InChI is InChI=1S/C14H10O5/c15-9-11-5-1-3-7-13(11)17-19-18-14-8-4-2-6-12(14)10-16/h1-10H. The monoisotopic (exact) mass is 258 g/mol. The third kappa shape index (κ3) is 3.17. The second-order valence-corrected chi connectivity index (χ2v) is 3.55. The van der Waals surface area contributed by atoms with Crippen molar-refractivity contribution < 1.29 is 24.4 Å². The molecule has 19 heavy (non-hydrogen) atoms. The van der Waals surface area contributed by atoms with Crippen LogP contribution in [0, 0.1) is 0 Å². The molecule has 5 nitrogen and oxygen atoms in total. The molecule has 0 atom stereocenters. The summed E-state index contributed by atoms with van der Waals surface area (Å²) in [5, 5.41) is 4.57. The maximum Gasteiger partial charge on any atom is 0.180 e. The second kappa shape index (κ2) is 6.32. The lowest BCUT2D eigenvalue weighted by atomic mass is 10.2. The first kappa shape index (κ1) is 12.8. The molecule has 0 spiro atoms. The molecule has 0 aliphatic heterocycles. The molecule has 0 fully saturated rings. The minimum Gasteiger partial charge on any atom is -0.298 e. The molecule has 0 N–H and O–H groups in total. The van der Waals surface area contributed by atoms with Crippen molar-refractivity contribution in [2.24, 2.45) is 0 Å². The van der Waals surface area contributed by atoms with Crippen molar-refractivity contribution in [2.45, 2.75) is 0 Å². The first-order valence-electron chi connectivity index (χ1n) is 5.45. The molecular weight excluding hydrogens is 248 g/mol. The van der Waals surface area contributed by atoms with E-state index in [-0.39, 0.29) is 11.5 Å². The summed E-state index contributed by atoms with van der Waals surface area (Å²) < 4.78 is 0. The number of hydrogen-bond donors (Lipinski definition) is 0. The molecular formula is C14H10O5. The summed E-state index contributed by atoms with van der Waals surface area (Å²) in [6.45, 7) is 0. The number of benzene rings is 2. The van der Waals surface area contributed by atoms with Crippen LogP contribution < -0.4 is 9.78 Å². The first-order valence-corrected chi connectivity index (χ1v) is 5.45. The molecule has 5 heteroatoms. The van der Waals surface area contributed by atoms with Crippen molar-refractivity contribution >= 4 is 12.6 Å². The summed E-state index contributed by atoms with van der Waals surface area (Å²) in [5.74, 6) is 0.446. The van der Waals surface area contributed by atoms with Gasteiger partial charge in [0.1, 0.15) is 0 Å². The Bertz CT molecular complexity index is 528. The Hall–Kier alpha value is -2.66. The molecule has 2 rings (SSSR count). The van der Waals surface area contributed by atoms with Gasteiger partial charge >= 0.3 is 0 Å². The Kier molecular flexibility index (Phi) is 4.25. The minimum atomic E-state index is 0.223. The van der Waals surface area contributed by atoms with Crippen molar-refractivity contribution in [1.29, 1.82) is 0 Å². The zero-order valence-corrected chi connectivity index (χ0v) is 9.81. The highest BCUT2D eigenvalue weighted by molar-refractivity contribution is 5.79. The molecule has 2 aromatic rings. The van der Waals surface area contributed by atoms with E-state index in [4.69, 9.17) is 9.78 Å². The average molecular weight is 258 g/mol. The summed E-state index contributed by atoms with van der Waals surface area (Å²) in [5.41, 5.74) is 0.657. The van der Waals surface area contributed by atoms with Gasteiger partial charge < -0.3 is 0 Å². The Labute approximate surface area is 109 Å². The summed E-state index contributed by atoms with van der Waals surface area (Å²) in [6, 6.07) is 13.0. The predicted octanol–water partition coefficient (Wildman–Crippen LogP) is 2.62. The van der Waals surface area contributed by atoms with E-state index in [2.05, 4.69) is 5.04 Å². The fourth-order valence-electron chi connectivity index (χ4n) is 1.40. The Morgan fingerprint density at radius 3 is 1.53 bits per heavy atom. The molecule has 0 amide bonds. The molecule has 0 saturated heterocycles. The van der Waals surface area contributed by atoms with E-state index in [1.54, 1.807) is 48.5 Å². The van der Waals surface area contributed by atoms with Gasteiger partial charge in [-0.1, -0.05) is 24.3 Å². The second-order valence-electron chi connectivity index (χ2n) is 3.55. The summed E-state index contributed by atoms with van der Waals surface area (Å²) in [4.78, 5) is 31.2. The third-order valence-electron chi connectivity index (χ3n) is 2.34. The summed E-state index contributed by atoms with van der Waals surface area (Å²) in [7, 11) is 0. The van der Waals surface area contributed by atoms with Crippen LogP contribution in [-0.2, 0) is 5.04 Å².